The van der Waals surface area contributed by atoms with Crippen LogP contribution in [0.1, 0.15) is 46.0 Å². The second kappa shape index (κ2) is 7.02. The SMILES string of the molecule is COc1cccc(S(=O)(=O)NC(C)(C)C(=O)NC2C3CC4CC(C3)CC2C4)c1. The maximum atomic E-state index is 13.0. The summed E-state index contributed by atoms with van der Waals surface area (Å²) in [7, 11) is -2.36. The van der Waals surface area contributed by atoms with Gasteiger partial charge in [0.2, 0.25) is 15.9 Å². The van der Waals surface area contributed by atoms with Gasteiger partial charge in [-0.25, -0.2) is 8.42 Å². The molecule has 0 aromatic heterocycles. The van der Waals surface area contributed by atoms with Gasteiger partial charge in [0.1, 0.15) is 11.3 Å². The second-order valence-electron chi connectivity index (χ2n) is 9.34. The lowest BCUT2D eigenvalue weighted by Gasteiger charge is -2.54. The van der Waals surface area contributed by atoms with Crippen molar-refractivity contribution in [2.45, 2.75) is 62.4 Å². The number of ether oxygens (including phenoxy) is 1. The number of hydrogen-bond acceptors (Lipinski definition) is 4. The number of rotatable bonds is 6. The molecule has 4 aliphatic carbocycles. The zero-order valence-corrected chi connectivity index (χ0v) is 17.6. The summed E-state index contributed by atoms with van der Waals surface area (Å²) in [6.45, 7) is 3.24. The molecule has 1 amide bonds. The summed E-state index contributed by atoms with van der Waals surface area (Å²) < 4.78 is 33.3. The van der Waals surface area contributed by atoms with E-state index in [1.807, 2.05) is 0 Å². The van der Waals surface area contributed by atoms with E-state index in [9.17, 15) is 13.2 Å². The highest BCUT2D eigenvalue weighted by molar-refractivity contribution is 7.89. The Bertz CT molecular complexity index is 837. The fourth-order valence-corrected chi connectivity index (χ4v) is 7.11. The van der Waals surface area contributed by atoms with Gasteiger partial charge < -0.3 is 10.1 Å². The zero-order chi connectivity index (χ0) is 20.1. The van der Waals surface area contributed by atoms with Gasteiger partial charge >= 0.3 is 0 Å². The molecule has 0 spiro atoms. The lowest BCUT2D eigenvalue weighted by molar-refractivity contribution is -0.129. The van der Waals surface area contributed by atoms with Crippen LogP contribution in [-0.4, -0.2) is 33.0 Å². The van der Waals surface area contributed by atoms with Crippen molar-refractivity contribution in [2.75, 3.05) is 7.11 Å². The van der Waals surface area contributed by atoms with E-state index in [1.54, 1.807) is 26.0 Å². The highest BCUT2D eigenvalue weighted by Crippen LogP contribution is 2.53. The first-order chi connectivity index (χ1) is 13.2. The summed E-state index contributed by atoms with van der Waals surface area (Å²) in [4.78, 5) is 13.1. The Balaban J connectivity index is 1.46. The van der Waals surface area contributed by atoms with E-state index in [1.165, 1.54) is 51.3 Å². The predicted octanol–water partition coefficient (Wildman–Crippen LogP) is 2.69. The van der Waals surface area contributed by atoms with Crippen LogP contribution < -0.4 is 14.8 Å². The van der Waals surface area contributed by atoms with Gasteiger partial charge in [0, 0.05) is 12.1 Å². The van der Waals surface area contributed by atoms with Crippen molar-refractivity contribution in [3.8, 4) is 5.75 Å². The third-order valence-corrected chi connectivity index (χ3v) is 8.49. The third kappa shape index (κ3) is 3.66. The molecule has 4 aliphatic rings. The van der Waals surface area contributed by atoms with E-state index in [-0.39, 0.29) is 16.8 Å². The molecular weight excluding hydrogens is 376 g/mol. The van der Waals surface area contributed by atoms with Crippen LogP contribution in [0.25, 0.3) is 0 Å². The van der Waals surface area contributed by atoms with Crippen LogP contribution >= 0.6 is 0 Å². The first-order valence-corrected chi connectivity index (χ1v) is 11.7. The number of amides is 1. The number of hydrogen-bond donors (Lipinski definition) is 2. The van der Waals surface area contributed by atoms with Gasteiger partial charge in [-0.1, -0.05) is 6.07 Å². The lowest BCUT2D eigenvalue weighted by atomic mass is 9.54. The molecule has 4 saturated carbocycles. The Morgan fingerprint density at radius 1 is 1.07 bits per heavy atom. The summed E-state index contributed by atoms with van der Waals surface area (Å²) in [5.74, 6) is 2.96. The summed E-state index contributed by atoms with van der Waals surface area (Å²) in [6.07, 6.45) is 6.17. The van der Waals surface area contributed by atoms with Crippen LogP contribution in [0, 0.1) is 23.7 Å². The van der Waals surface area contributed by atoms with Gasteiger partial charge in [0.25, 0.3) is 0 Å². The van der Waals surface area contributed by atoms with Crippen molar-refractivity contribution in [1.29, 1.82) is 0 Å². The van der Waals surface area contributed by atoms with Crippen LogP contribution in [0.15, 0.2) is 29.2 Å². The average molecular weight is 407 g/mol. The number of sulfonamides is 1. The topological polar surface area (TPSA) is 84.5 Å². The summed E-state index contributed by atoms with van der Waals surface area (Å²) in [5.41, 5.74) is -1.24. The van der Waals surface area contributed by atoms with Crippen molar-refractivity contribution in [3.63, 3.8) is 0 Å². The molecule has 1 aromatic carbocycles. The van der Waals surface area contributed by atoms with E-state index in [0.717, 1.165) is 11.8 Å². The number of carbonyl (C=O) groups excluding carboxylic acids is 1. The zero-order valence-electron chi connectivity index (χ0n) is 16.8. The molecule has 0 heterocycles. The summed E-state index contributed by atoms with van der Waals surface area (Å²) >= 11 is 0. The van der Waals surface area contributed by atoms with E-state index in [2.05, 4.69) is 10.0 Å². The Morgan fingerprint density at radius 3 is 2.25 bits per heavy atom. The van der Waals surface area contributed by atoms with Crippen molar-refractivity contribution >= 4 is 15.9 Å². The van der Waals surface area contributed by atoms with E-state index < -0.39 is 15.6 Å². The first kappa shape index (κ1) is 19.7. The van der Waals surface area contributed by atoms with E-state index >= 15 is 0 Å². The van der Waals surface area contributed by atoms with Gasteiger partial charge in [-0.15, -0.1) is 0 Å². The number of nitrogens with one attached hydrogen (secondary N) is 2. The molecule has 4 fully saturated rings. The van der Waals surface area contributed by atoms with Crippen molar-refractivity contribution in [3.05, 3.63) is 24.3 Å². The molecule has 0 aliphatic heterocycles. The van der Waals surface area contributed by atoms with Crippen molar-refractivity contribution in [1.82, 2.24) is 10.0 Å². The van der Waals surface area contributed by atoms with Gasteiger partial charge in [-0.05, 0) is 81.8 Å². The van der Waals surface area contributed by atoms with Gasteiger partial charge in [-0.2, -0.15) is 4.72 Å². The highest BCUT2D eigenvalue weighted by atomic mass is 32.2. The second-order valence-corrected chi connectivity index (χ2v) is 11.0. The van der Waals surface area contributed by atoms with Crippen LogP contribution in [-0.2, 0) is 14.8 Å². The molecule has 5 rings (SSSR count). The van der Waals surface area contributed by atoms with Crippen LogP contribution in [0.3, 0.4) is 0 Å². The quantitative estimate of drug-likeness (QED) is 0.761. The van der Waals surface area contributed by atoms with Crippen LogP contribution in [0.5, 0.6) is 5.75 Å². The molecule has 4 bridgehead atoms. The fourth-order valence-electron chi connectivity index (χ4n) is 5.70. The average Bonchev–Trinajstić information content (AvgIpc) is 2.63. The summed E-state index contributed by atoms with van der Waals surface area (Å²) in [6, 6.07) is 6.43. The molecule has 1 aromatic rings. The van der Waals surface area contributed by atoms with Gasteiger partial charge in [-0.3, -0.25) is 4.79 Å². The monoisotopic (exact) mass is 406 g/mol. The fraction of sp³-hybridized carbons (Fsp3) is 0.667. The number of carbonyl (C=O) groups is 1. The third-order valence-electron chi connectivity index (χ3n) is 6.83. The molecule has 6 nitrogen and oxygen atoms in total. The van der Waals surface area contributed by atoms with E-state index in [0.29, 0.717) is 17.6 Å². The molecule has 7 heteroatoms. The number of benzene rings is 1. The van der Waals surface area contributed by atoms with E-state index in [4.69, 9.17) is 4.74 Å². The minimum absolute atomic E-state index is 0.0855. The molecule has 28 heavy (non-hydrogen) atoms. The Morgan fingerprint density at radius 2 is 1.68 bits per heavy atom. The highest BCUT2D eigenvalue weighted by Gasteiger charge is 2.49. The first-order valence-electron chi connectivity index (χ1n) is 10.2. The summed E-state index contributed by atoms with van der Waals surface area (Å²) in [5, 5.41) is 3.21. The van der Waals surface area contributed by atoms with Crippen molar-refractivity contribution in [2.24, 2.45) is 23.7 Å². The normalized spacial score (nSPS) is 31.6. The molecule has 0 unspecified atom stereocenters. The largest absolute Gasteiger partial charge is 0.497 e. The lowest BCUT2D eigenvalue weighted by Crippen LogP contribution is -2.62. The minimum Gasteiger partial charge on any atom is -0.497 e. The van der Waals surface area contributed by atoms with Gasteiger partial charge in [0.05, 0.1) is 12.0 Å². The molecule has 0 atom stereocenters. The maximum absolute atomic E-state index is 13.0. The maximum Gasteiger partial charge on any atom is 0.241 e. The number of methoxy groups -OCH3 is 1. The standard InChI is InChI=1S/C21H30N2O4S/c1-21(2,23-28(25,26)18-6-4-5-17(12-18)27-3)20(24)22-19-15-8-13-7-14(10-15)11-16(19)9-13/h4-6,12-16,19,23H,7-11H2,1-3H3,(H,22,24). The molecule has 2 N–H and O–H groups in total. The molecule has 0 radical (unpaired) electrons. The smallest absolute Gasteiger partial charge is 0.241 e. The molecular formula is C21H30N2O4S. The van der Waals surface area contributed by atoms with Crippen molar-refractivity contribution < 1.29 is 17.9 Å². The van der Waals surface area contributed by atoms with Gasteiger partial charge in [0.15, 0.2) is 0 Å². The molecule has 0 saturated heterocycles. The Kier molecular flexibility index (Phi) is 4.94. The Labute approximate surface area is 167 Å². The molecule has 154 valence electrons. The Hall–Kier alpha value is -1.60. The predicted molar refractivity (Wildman–Crippen MR) is 106 cm³/mol. The van der Waals surface area contributed by atoms with Crippen LogP contribution in [0.2, 0.25) is 0 Å². The minimum atomic E-state index is -3.85. The van der Waals surface area contributed by atoms with Crippen LogP contribution in [0.4, 0.5) is 0 Å².